The minimum absolute atomic E-state index is 0.122. The zero-order valence-electron chi connectivity index (χ0n) is 49.7. The summed E-state index contributed by atoms with van der Waals surface area (Å²) in [5, 5.41) is 0. The van der Waals surface area contributed by atoms with E-state index in [-0.39, 0.29) is 11.1 Å². The lowest BCUT2D eigenvalue weighted by atomic mass is 9.67. The molecule has 2 unspecified atom stereocenters. The Morgan fingerprint density at radius 2 is 0.624 bits per heavy atom. The summed E-state index contributed by atoms with van der Waals surface area (Å²) in [7, 11) is 0. The maximum Gasteiger partial charge on any atom is 0.161 e. The van der Waals surface area contributed by atoms with Crippen LogP contribution in [0.5, 0.6) is 23.0 Å². The Morgan fingerprint density at radius 1 is 0.269 bits per heavy atom. The van der Waals surface area contributed by atoms with Crippen LogP contribution in [0.1, 0.15) is 55.6 Å². The molecule has 0 aliphatic heterocycles. The standard InChI is InChI=1S/C84H53F6NO2/c1-3-52-21-35-63(36-22-52)92-65-39-27-58(28-40-65)83(75-48-79(87)81(89)50-77(75)85)71-19-10-8-17-67(71)69-43-33-61(46-73(69)83)91(60-31-25-55(26-32-60)57-16-12-15-56(45-57)54-13-6-5-7-14-54)62-34-44-70-68-18-9-11-20-72(68)84(74(70)47-62,76-49-80(88)82(90)51-78(76)86)59-29-41-66(42-30-59)93-64-37-23-53(4-2)24-38-64/h3-51H,1-2H2. The Kier molecular flexibility index (Phi) is 14.5. The van der Waals surface area contributed by atoms with Gasteiger partial charge in [0.25, 0.3) is 0 Å². The molecule has 13 aromatic carbocycles. The molecule has 0 fully saturated rings. The maximum atomic E-state index is 17.4. The van der Waals surface area contributed by atoms with E-state index >= 15 is 26.3 Å². The number of ether oxygens (including phenoxy) is 2. The van der Waals surface area contributed by atoms with Crippen molar-refractivity contribution in [3.05, 3.63) is 389 Å². The molecule has 0 saturated heterocycles. The van der Waals surface area contributed by atoms with Crippen LogP contribution in [0.15, 0.2) is 298 Å². The van der Waals surface area contributed by atoms with E-state index in [9.17, 15) is 0 Å². The van der Waals surface area contributed by atoms with Gasteiger partial charge in [-0.05, 0) is 192 Å². The van der Waals surface area contributed by atoms with Crippen LogP contribution < -0.4 is 14.4 Å². The van der Waals surface area contributed by atoms with Crippen molar-refractivity contribution < 1.29 is 35.8 Å². The van der Waals surface area contributed by atoms with Crippen molar-refractivity contribution >= 4 is 29.2 Å². The average molecular weight is 1220 g/mol. The Balaban J connectivity index is 0.954. The molecule has 0 saturated carbocycles. The van der Waals surface area contributed by atoms with E-state index in [0.717, 1.165) is 56.6 Å². The fraction of sp³-hybridized carbons (Fsp3) is 0.0238. The van der Waals surface area contributed by atoms with Crippen molar-refractivity contribution in [2.45, 2.75) is 10.8 Å². The fourth-order valence-corrected chi connectivity index (χ4v) is 13.9. The molecule has 0 amide bonds. The van der Waals surface area contributed by atoms with Crippen molar-refractivity contribution in [1.29, 1.82) is 0 Å². The third-order valence-electron chi connectivity index (χ3n) is 18.1. The van der Waals surface area contributed by atoms with Crippen molar-refractivity contribution in [2.75, 3.05) is 4.90 Å². The van der Waals surface area contributed by atoms with Gasteiger partial charge in [0.2, 0.25) is 0 Å². The van der Waals surface area contributed by atoms with Gasteiger partial charge >= 0.3 is 0 Å². The predicted molar refractivity (Wildman–Crippen MR) is 360 cm³/mol. The molecule has 9 heteroatoms. The smallest absolute Gasteiger partial charge is 0.161 e. The molecule has 0 radical (unpaired) electrons. The normalized spacial score (nSPS) is 14.9. The first-order chi connectivity index (χ1) is 45.4. The highest BCUT2D eigenvalue weighted by Crippen LogP contribution is 2.61. The number of hydrogen-bond donors (Lipinski definition) is 0. The molecule has 2 aliphatic carbocycles. The summed E-state index contributed by atoms with van der Waals surface area (Å²) in [5.74, 6) is -4.96. The minimum Gasteiger partial charge on any atom is -0.457 e. The summed E-state index contributed by atoms with van der Waals surface area (Å²) in [5.41, 5.74) is 10.5. The Labute approximate surface area is 534 Å². The van der Waals surface area contributed by atoms with Gasteiger partial charge in [-0.15, -0.1) is 0 Å². The summed E-state index contributed by atoms with van der Waals surface area (Å²) < 4.78 is 111. The Hall–Kier alpha value is -11.7. The van der Waals surface area contributed by atoms with E-state index in [0.29, 0.717) is 96.7 Å². The first-order valence-corrected chi connectivity index (χ1v) is 30.3. The Bertz CT molecular complexity index is 4810. The van der Waals surface area contributed by atoms with Crippen LogP contribution >= 0.6 is 0 Å². The van der Waals surface area contributed by atoms with Crippen LogP contribution in [0.2, 0.25) is 0 Å². The quantitative estimate of drug-likeness (QED) is 0.0754. The SMILES string of the molecule is C=Cc1ccc(Oc2ccc(C3(c4cc(F)c(F)cc4F)c4ccccc4-c4ccc(N(c5ccc(-c6cccc(-c7ccccc7)c6)cc5)c5ccc6c(c5)C(c5ccc(Oc7ccc(C=C)cc7)cc5)(c5cc(F)c(F)cc5F)c5ccccc5-6)cc43)cc2)cc1. The van der Waals surface area contributed by atoms with E-state index < -0.39 is 45.7 Å². The van der Waals surface area contributed by atoms with Crippen LogP contribution in [0.4, 0.5) is 43.4 Å². The molecular formula is C84H53F6NO2. The highest BCUT2D eigenvalue weighted by molar-refractivity contribution is 5.93. The maximum absolute atomic E-state index is 17.4. The van der Waals surface area contributed by atoms with Crippen molar-refractivity contribution in [2.24, 2.45) is 0 Å². The second-order valence-electron chi connectivity index (χ2n) is 23.2. The van der Waals surface area contributed by atoms with Crippen LogP contribution in [0.3, 0.4) is 0 Å². The third-order valence-corrected chi connectivity index (χ3v) is 18.1. The predicted octanol–water partition coefficient (Wildman–Crippen LogP) is 22.9. The molecule has 0 heterocycles. The van der Waals surface area contributed by atoms with Gasteiger partial charge in [-0.2, -0.15) is 0 Å². The lowest BCUT2D eigenvalue weighted by Gasteiger charge is -2.36. The molecule has 0 aromatic heterocycles. The average Bonchev–Trinajstić information content (AvgIpc) is 1.56. The summed E-state index contributed by atoms with van der Waals surface area (Å²) in [4.78, 5) is 2.04. The number of hydrogen-bond acceptors (Lipinski definition) is 3. The van der Waals surface area contributed by atoms with E-state index in [4.69, 9.17) is 9.47 Å². The van der Waals surface area contributed by atoms with Gasteiger partial charge in [-0.1, -0.05) is 195 Å². The van der Waals surface area contributed by atoms with Gasteiger partial charge in [-0.25, -0.2) is 26.3 Å². The zero-order valence-corrected chi connectivity index (χ0v) is 49.7. The number of halogens is 6. The van der Waals surface area contributed by atoms with Crippen LogP contribution in [-0.2, 0) is 10.8 Å². The van der Waals surface area contributed by atoms with Crippen LogP contribution in [0.25, 0.3) is 56.7 Å². The van der Waals surface area contributed by atoms with Crippen molar-refractivity contribution in [3.63, 3.8) is 0 Å². The fourth-order valence-electron chi connectivity index (χ4n) is 13.9. The van der Waals surface area contributed by atoms with Crippen LogP contribution in [0, 0.1) is 34.9 Å². The highest BCUT2D eigenvalue weighted by atomic mass is 19.2. The molecule has 448 valence electrons. The van der Waals surface area contributed by atoms with Gasteiger partial charge in [0.1, 0.15) is 34.6 Å². The third kappa shape index (κ3) is 9.79. The number of rotatable bonds is 15. The molecule has 93 heavy (non-hydrogen) atoms. The highest BCUT2D eigenvalue weighted by Gasteiger charge is 2.50. The van der Waals surface area contributed by atoms with Crippen LogP contribution in [-0.4, -0.2) is 0 Å². The first kappa shape index (κ1) is 57.7. The molecule has 15 rings (SSSR count). The lowest BCUT2D eigenvalue weighted by molar-refractivity contribution is 0.480. The minimum atomic E-state index is -1.62. The molecule has 0 N–H and O–H groups in total. The van der Waals surface area contributed by atoms with Crippen molar-refractivity contribution in [1.82, 2.24) is 0 Å². The molecular weight excluding hydrogens is 1170 g/mol. The van der Waals surface area contributed by atoms with E-state index in [1.807, 2.05) is 211 Å². The first-order valence-electron chi connectivity index (χ1n) is 30.3. The van der Waals surface area contributed by atoms with E-state index in [1.54, 1.807) is 36.4 Å². The topological polar surface area (TPSA) is 21.7 Å². The monoisotopic (exact) mass is 1220 g/mol. The molecule has 2 aliphatic rings. The van der Waals surface area contributed by atoms with E-state index in [1.165, 1.54) is 0 Å². The largest absolute Gasteiger partial charge is 0.457 e. The van der Waals surface area contributed by atoms with Gasteiger partial charge < -0.3 is 14.4 Å². The summed E-state index contributed by atoms with van der Waals surface area (Å²) in [6.45, 7) is 7.72. The molecule has 3 nitrogen and oxygen atoms in total. The van der Waals surface area contributed by atoms with Gasteiger partial charge in [-0.3, -0.25) is 0 Å². The van der Waals surface area contributed by atoms with Gasteiger partial charge in [0.05, 0.1) is 10.8 Å². The second kappa shape index (κ2) is 23.3. The molecule has 0 bridgehead atoms. The number of anilines is 3. The summed E-state index contributed by atoms with van der Waals surface area (Å²) >= 11 is 0. The lowest BCUT2D eigenvalue weighted by Crippen LogP contribution is -2.31. The van der Waals surface area contributed by atoms with Gasteiger partial charge in [0, 0.05) is 40.3 Å². The molecule has 13 aromatic rings. The number of fused-ring (bicyclic) bond motifs is 6. The number of nitrogens with zero attached hydrogens (tertiary/aromatic N) is 1. The zero-order chi connectivity index (χ0) is 63.5. The summed E-state index contributed by atoms with van der Waals surface area (Å²) in [6.07, 6.45) is 3.47. The second-order valence-corrected chi connectivity index (χ2v) is 23.2. The number of benzene rings is 13. The van der Waals surface area contributed by atoms with Gasteiger partial charge in [0.15, 0.2) is 23.3 Å². The molecule has 2 atom stereocenters. The van der Waals surface area contributed by atoms with Crippen molar-refractivity contribution in [3.8, 4) is 67.5 Å². The van der Waals surface area contributed by atoms with E-state index in [2.05, 4.69) is 43.5 Å². The summed E-state index contributed by atoms with van der Waals surface area (Å²) in [6, 6.07) is 85.8. The Morgan fingerprint density at radius 3 is 1.05 bits per heavy atom. The molecule has 0 spiro atoms.